The quantitative estimate of drug-likeness (QED) is 0.551. The Balaban J connectivity index is 2.86. The second-order valence-corrected chi connectivity index (χ2v) is 1.60. The minimum atomic E-state index is 0.514. The number of hydrogen-bond acceptors (Lipinski definition) is 3. The van der Waals surface area contributed by atoms with Crippen LogP contribution in [0.4, 0.5) is 0 Å². The number of hydrazine groups is 1. The second-order valence-electron chi connectivity index (χ2n) is 1.60. The van der Waals surface area contributed by atoms with Gasteiger partial charge in [-0.2, -0.15) is 0 Å². The molecule has 0 spiro atoms. The normalized spacial score (nSPS) is 10.5. The molecular formula is C5H13N2O-. The lowest BCUT2D eigenvalue weighted by Crippen LogP contribution is -2.32. The summed E-state index contributed by atoms with van der Waals surface area (Å²) in [5.41, 5.74) is 2.66. The summed E-state index contributed by atoms with van der Waals surface area (Å²) < 4.78 is 0. The van der Waals surface area contributed by atoms with Crippen LogP contribution in [0, 0.1) is 5.21 Å². The Morgan fingerprint density at radius 1 is 1.50 bits per heavy atom. The highest BCUT2D eigenvalue weighted by atomic mass is 16.5. The Morgan fingerprint density at radius 2 is 2.12 bits per heavy atom. The van der Waals surface area contributed by atoms with Crippen LogP contribution in [-0.2, 0) is 0 Å². The highest BCUT2D eigenvalue weighted by molar-refractivity contribution is 4.44. The Bertz CT molecular complexity index is 49.7. The molecule has 1 N–H and O–H groups in total. The van der Waals surface area contributed by atoms with Gasteiger partial charge in [0.1, 0.15) is 0 Å². The van der Waals surface area contributed by atoms with Crippen molar-refractivity contribution in [2.24, 2.45) is 0 Å². The molecule has 8 heavy (non-hydrogen) atoms. The fourth-order valence-corrected chi connectivity index (χ4v) is 0.348. The van der Waals surface area contributed by atoms with E-state index < -0.39 is 0 Å². The van der Waals surface area contributed by atoms with Gasteiger partial charge in [-0.15, -0.1) is 0 Å². The van der Waals surface area contributed by atoms with Crippen molar-refractivity contribution in [3.8, 4) is 0 Å². The van der Waals surface area contributed by atoms with E-state index in [2.05, 4.69) is 5.43 Å². The highest BCUT2D eigenvalue weighted by Gasteiger charge is 1.80. The molecule has 0 heterocycles. The summed E-state index contributed by atoms with van der Waals surface area (Å²) in [6.45, 7) is 5.13. The van der Waals surface area contributed by atoms with Crippen molar-refractivity contribution in [1.29, 1.82) is 0 Å². The Labute approximate surface area is 50.2 Å². The molecule has 0 atom stereocenters. The summed E-state index contributed by atoms with van der Waals surface area (Å²) in [4.78, 5) is 0. The van der Waals surface area contributed by atoms with Gasteiger partial charge in [-0.1, -0.05) is 13.8 Å². The summed E-state index contributed by atoms with van der Waals surface area (Å²) in [6.07, 6.45) is 0.999. The zero-order chi connectivity index (χ0) is 6.41. The van der Waals surface area contributed by atoms with Gasteiger partial charge in [-0.25, -0.2) is 0 Å². The van der Waals surface area contributed by atoms with Gasteiger partial charge in [0.05, 0.1) is 0 Å². The van der Waals surface area contributed by atoms with Gasteiger partial charge in [0.25, 0.3) is 0 Å². The van der Waals surface area contributed by atoms with E-state index in [1.165, 1.54) is 0 Å². The van der Waals surface area contributed by atoms with Gasteiger partial charge >= 0.3 is 0 Å². The van der Waals surface area contributed by atoms with Crippen LogP contribution >= 0.6 is 0 Å². The zero-order valence-electron chi connectivity index (χ0n) is 5.48. The maximum absolute atomic E-state index is 10.4. The molecule has 0 aliphatic rings. The van der Waals surface area contributed by atoms with Crippen LogP contribution in [0.3, 0.4) is 0 Å². The lowest BCUT2D eigenvalue weighted by atomic mass is 10.5. The Kier molecular flexibility index (Phi) is 4.95. The first-order chi connectivity index (χ1) is 3.81. The van der Waals surface area contributed by atoms with Gasteiger partial charge in [-0.3, -0.25) is 5.43 Å². The largest absolute Gasteiger partial charge is 0.772 e. The van der Waals surface area contributed by atoms with E-state index in [9.17, 15) is 5.21 Å². The molecule has 0 aromatic heterocycles. The van der Waals surface area contributed by atoms with Crippen LogP contribution in [0.25, 0.3) is 0 Å². The third-order valence-electron chi connectivity index (χ3n) is 0.825. The first-order valence-electron chi connectivity index (χ1n) is 2.99. The van der Waals surface area contributed by atoms with Crippen molar-refractivity contribution < 1.29 is 0 Å². The predicted octanol–water partition coefficient (Wildman–Crippen LogP) is 0.721. The van der Waals surface area contributed by atoms with Crippen molar-refractivity contribution in [2.45, 2.75) is 20.3 Å². The van der Waals surface area contributed by atoms with Crippen molar-refractivity contribution in [1.82, 2.24) is 10.6 Å². The third-order valence-corrected chi connectivity index (χ3v) is 0.825. The van der Waals surface area contributed by atoms with E-state index in [0.29, 0.717) is 6.54 Å². The molecule has 0 aromatic rings. The van der Waals surface area contributed by atoms with Gasteiger partial charge in [0, 0.05) is 6.54 Å². The molecule has 0 rings (SSSR count). The average molecular weight is 117 g/mol. The van der Waals surface area contributed by atoms with Gasteiger partial charge < -0.3 is 10.4 Å². The lowest BCUT2D eigenvalue weighted by molar-refractivity contribution is 0.286. The topological polar surface area (TPSA) is 38.3 Å². The third kappa shape index (κ3) is 4.05. The second kappa shape index (κ2) is 5.03. The van der Waals surface area contributed by atoms with Crippen molar-refractivity contribution in [3.63, 3.8) is 0 Å². The fourth-order valence-electron chi connectivity index (χ4n) is 0.348. The lowest BCUT2D eigenvalue weighted by Gasteiger charge is -2.26. The molecule has 3 nitrogen and oxygen atoms in total. The van der Waals surface area contributed by atoms with Crippen LogP contribution in [0.5, 0.6) is 0 Å². The van der Waals surface area contributed by atoms with Gasteiger partial charge in [0.2, 0.25) is 0 Å². The first kappa shape index (κ1) is 7.88. The molecule has 0 aromatic carbocycles. The number of nitrogens with zero attached hydrogens (tertiary/aromatic N) is 1. The Hall–Kier alpha value is -0.120. The molecule has 0 fully saturated rings. The maximum atomic E-state index is 10.4. The fraction of sp³-hybridized carbons (Fsp3) is 1.00. The number of nitrogens with one attached hydrogen (secondary N) is 1. The van der Waals surface area contributed by atoms with Crippen molar-refractivity contribution >= 4 is 0 Å². The minimum Gasteiger partial charge on any atom is -0.772 e. The SMILES string of the molecule is CCCNN([O-])CC. The van der Waals surface area contributed by atoms with Crippen molar-refractivity contribution in [3.05, 3.63) is 5.21 Å². The molecule has 0 unspecified atom stereocenters. The number of rotatable bonds is 4. The summed E-state index contributed by atoms with van der Waals surface area (Å²) in [7, 11) is 0. The van der Waals surface area contributed by atoms with E-state index in [1.807, 2.05) is 13.8 Å². The van der Waals surface area contributed by atoms with E-state index in [-0.39, 0.29) is 0 Å². The van der Waals surface area contributed by atoms with Crippen LogP contribution in [-0.4, -0.2) is 18.3 Å². The van der Waals surface area contributed by atoms with Crippen molar-refractivity contribution in [2.75, 3.05) is 13.1 Å². The standard InChI is InChI=1S/C5H13N2O/c1-3-5-6-7(8)4-2/h6H,3-5H2,1-2H3/q-1. The molecular weight excluding hydrogens is 104 g/mol. The van der Waals surface area contributed by atoms with E-state index >= 15 is 0 Å². The number of hydroxylamine groups is 1. The molecule has 50 valence electrons. The van der Waals surface area contributed by atoms with Crippen LogP contribution < -0.4 is 5.43 Å². The Morgan fingerprint density at radius 3 is 2.50 bits per heavy atom. The molecule has 0 aliphatic heterocycles. The van der Waals surface area contributed by atoms with Gasteiger partial charge in [-0.05, 0) is 13.0 Å². The van der Waals surface area contributed by atoms with Crippen LogP contribution in [0.1, 0.15) is 20.3 Å². The van der Waals surface area contributed by atoms with Crippen LogP contribution in [0.15, 0.2) is 0 Å². The maximum Gasteiger partial charge on any atom is 0.00897 e. The summed E-state index contributed by atoms with van der Waals surface area (Å²) in [5, 5.41) is 11.2. The van der Waals surface area contributed by atoms with E-state index in [0.717, 1.165) is 18.1 Å². The molecule has 0 aliphatic carbocycles. The smallest absolute Gasteiger partial charge is 0.00897 e. The summed E-state index contributed by atoms with van der Waals surface area (Å²) in [5.74, 6) is 0. The minimum absolute atomic E-state index is 0.514. The molecule has 0 amide bonds. The first-order valence-corrected chi connectivity index (χ1v) is 2.99. The zero-order valence-corrected chi connectivity index (χ0v) is 5.48. The molecule has 0 radical (unpaired) electrons. The number of hydrogen-bond donors (Lipinski definition) is 1. The molecule has 3 heteroatoms. The van der Waals surface area contributed by atoms with Gasteiger partial charge in [0.15, 0.2) is 0 Å². The molecule has 0 bridgehead atoms. The van der Waals surface area contributed by atoms with E-state index in [4.69, 9.17) is 0 Å². The van der Waals surface area contributed by atoms with Crippen LogP contribution in [0.2, 0.25) is 0 Å². The molecule has 0 saturated heterocycles. The highest BCUT2D eigenvalue weighted by Crippen LogP contribution is 1.75. The van der Waals surface area contributed by atoms with E-state index in [1.54, 1.807) is 0 Å². The predicted molar refractivity (Wildman–Crippen MR) is 34.0 cm³/mol. The molecule has 0 saturated carbocycles. The summed E-state index contributed by atoms with van der Waals surface area (Å²) in [6, 6.07) is 0. The monoisotopic (exact) mass is 117 g/mol. The summed E-state index contributed by atoms with van der Waals surface area (Å²) >= 11 is 0. The average Bonchev–Trinajstić information content (AvgIpc) is 1.83.